The van der Waals surface area contributed by atoms with Gasteiger partial charge in [0, 0.05) is 18.5 Å². The third-order valence-corrected chi connectivity index (χ3v) is 5.36. The van der Waals surface area contributed by atoms with Crippen molar-refractivity contribution in [2.75, 3.05) is 6.54 Å². The van der Waals surface area contributed by atoms with Crippen LogP contribution in [0.5, 0.6) is 0 Å². The van der Waals surface area contributed by atoms with Gasteiger partial charge in [0.05, 0.1) is 6.04 Å². The molecule has 24 heavy (non-hydrogen) atoms. The lowest BCUT2D eigenvalue weighted by atomic mass is 10.0. The zero-order valence-corrected chi connectivity index (χ0v) is 13.9. The second kappa shape index (κ2) is 6.75. The van der Waals surface area contributed by atoms with E-state index in [1.165, 1.54) is 25.7 Å². The van der Waals surface area contributed by atoms with Gasteiger partial charge in [0.1, 0.15) is 5.82 Å². The number of nitrogens with zero attached hydrogens (tertiary/aromatic N) is 3. The highest BCUT2D eigenvalue weighted by atomic mass is 16.2. The van der Waals surface area contributed by atoms with Crippen LogP contribution in [-0.2, 0) is 4.79 Å². The Morgan fingerprint density at radius 2 is 1.92 bits per heavy atom. The molecule has 1 amide bonds. The maximum atomic E-state index is 12.7. The van der Waals surface area contributed by atoms with E-state index in [4.69, 9.17) is 0 Å². The summed E-state index contributed by atoms with van der Waals surface area (Å²) in [6, 6.07) is 10.0. The maximum Gasteiger partial charge on any atom is 0.223 e. The van der Waals surface area contributed by atoms with Crippen molar-refractivity contribution in [3.05, 3.63) is 36.2 Å². The number of carbonyl (C=O) groups excluding carboxylic acids is 1. The van der Waals surface area contributed by atoms with Crippen molar-refractivity contribution in [3.63, 3.8) is 0 Å². The van der Waals surface area contributed by atoms with Crippen molar-refractivity contribution in [1.82, 2.24) is 20.1 Å². The van der Waals surface area contributed by atoms with E-state index in [1.807, 2.05) is 35.2 Å². The first-order chi connectivity index (χ1) is 11.8. The molecule has 5 nitrogen and oxygen atoms in total. The lowest BCUT2D eigenvalue weighted by Crippen LogP contribution is -2.32. The molecule has 2 aliphatic rings. The SMILES string of the molecule is O=C(CC1CCCC1)N1CCCC1c1nc(-c2ccccc2)n[nH]1. The van der Waals surface area contributed by atoms with Crippen molar-refractivity contribution >= 4 is 5.91 Å². The summed E-state index contributed by atoms with van der Waals surface area (Å²) in [5.74, 6) is 2.42. The Labute approximate surface area is 142 Å². The molecular formula is C19H24N4O. The van der Waals surface area contributed by atoms with Gasteiger partial charge in [0.15, 0.2) is 5.82 Å². The molecule has 2 aromatic rings. The summed E-state index contributed by atoms with van der Waals surface area (Å²) >= 11 is 0. The molecule has 2 fully saturated rings. The zero-order valence-electron chi connectivity index (χ0n) is 13.9. The number of amides is 1. The Hall–Kier alpha value is -2.17. The summed E-state index contributed by atoms with van der Waals surface area (Å²) in [6.45, 7) is 0.845. The van der Waals surface area contributed by atoms with Gasteiger partial charge in [-0.2, -0.15) is 5.10 Å². The number of H-pyrrole nitrogens is 1. The number of hydrogen-bond donors (Lipinski definition) is 1. The van der Waals surface area contributed by atoms with E-state index < -0.39 is 0 Å². The molecule has 2 heterocycles. The van der Waals surface area contributed by atoms with Gasteiger partial charge in [-0.1, -0.05) is 43.2 Å². The molecule has 1 aromatic carbocycles. The zero-order chi connectivity index (χ0) is 16.4. The second-order valence-electron chi connectivity index (χ2n) is 7.01. The van der Waals surface area contributed by atoms with E-state index in [0.717, 1.165) is 30.8 Å². The lowest BCUT2D eigenvalue weighted by Gasteiger charge is -2.24. The predicted octanol–water partition coefficient (Wildman–Crippen LogP) is 3.72. The summed E-state index contributed by atoms with van der Waals surface area (Å²) in [5.41, 5.74) is 1.00. The van der Waals surface area contributed by atoms with Crippen LogP contribution in [0, 0.1) is 5.92 Å². The summed E-state index contributed by atoms with van der Waals surface area (Å²) < 4.78 is 0. The van der Waals surface area contributed by atoms with Gasteiger partial charge in [0.25, 0.3) is 0 Å². The van der Waals surface area contributed by atoms with Crippen LogP contribution in [0.3, 0.4) is 0 Å². The van der Waals surface area contributed by atoms with E-state index in [1.54, 1.807) is 0 Å². The molecule has 0 radical (unpaired) electrons. The highest BCUT2D eigenvalue weighted by Crippen LogP contribution is 2.34. The number of nitrogens with one attached hydrogen (secondary N) is 1. The number of hydrogen-bond acceptors (Lipinski definition) is 3. The van der Waals surface area contributed by atoms with Gasteiger partial charge in [0.2, 0.25) is 5.91 Å². The molecule has 126 valence electrons. The second-order valence-corrected chi connectivity index (χ2v) is 7.01. The van der Waals surface area contributed by atoms with Gasteiger partial charge in [-0.25, -0.2) is 4.98 Å². The number of aromatic nitrogens is 3. The summed E-state index contributed by atoms with van der Waals surface area (Å²) in [6.07, 6.45) is 7.71. The van der Waals surface area contributed by atoms with Crippen LogP contribution in [0.4, 0.5) is 0 Å². The van der Waals surface area contributed by atoms with Crippen molar-refractivity contribution < 1.29 is 4.79 Å². The Bertz CT molecular complexity index is 690. The van der Waals surface area contributed by atoms with Gasteiger partial charge in [-0.3, -0.25) is 9.89 Å². The molecule has 1 saturated heterocycles. The summed E-state index contributed by atoms with van der Waals surface area (Å²) in [5, 5.41) is 7.42. The third-order valence-electron chi connectivity index (χ3n) is 5.36. The van der Waals surface area contributed by atoms with Gasteiger partial charge in [-0.15, -0.1) is 0 Å². The Morgan fingerprint density at radius 1 is 1.12 bits per heavy atom. The minimum Gasteiger partial charge on any atom is -0.332 e. The third kappa shape index (κ3) is 3.07. The molecular weight excluding hydrogens is 300 g/mol. The molecule has 0 spiro atoms. The number of likely N-dealkylation sites (tertiary alicyclic amines) is 1. The first-order valence-corrected chi connectivity index (χ1v) is 9.08. The topological polar surface area (TPSA) is 61.9 Å². The van der Waals surface area contributed by atoms with E-state index in [9.17, 15) is 4.79 Å². The molecule has 1 aliphatic heterocycles. The number of rotatable bonds is 4. The Morgan fingerprint density at radius 3 is 2.71 bits per heavy atom. The number of benzene rings is 1. The van der Waals surface area contributed by atoms with E-state index in [0.29, 0.717) is 24.1 Å². The van der Waals surface area contributed by atoms with Crippen LogP contribution in [0.2, 0.25) is 0 Å². The monoisotopic (exact) mass is 324 g/mol. The normalized spacial score (nSPS) is 21.5. The highest BCUT2D eigenvalue weighted by molar-refractivity contribution is 5.77. The minimum absolute atomic E-state index is 0.0591. The smallest absolute Gasteiger partial charge is 0.223 e. The van der Waals surface area contributed by atoms with Gasteiger partial charge < -0.3 is 4.90 Å². The maximum absolute atomic E-state index is 12.7. The van der Waals surface area contributed by atoms with Crippen LogP contribution in [-0.4, -0.2) is 32.5 Å². The van der Waals surface area contributed by atoms with E-state index >= 15 is 0 Å². The van der Waals surface area contributed by atoms with Crippen LogP contribution < -0.4 is 0 Å². The average Bonchev–Trinajstić information content (AvgIpc) is 3.36. The molecule has 1 aliphatic carbocycles. The largest absolute Gasteiger partial charge is 0.332 e. The Balaban J connectivity index is 1.48. The van der Waals surface area contributed by atoms with Crippen molar-refractivity contribution in [3.8, 4) is 11.4 Å². The van der Waals surface area contributed by atoms with Crippen molar-refractivity contribution in [2.24, 2.45) is 5.92 Å². The predicted molar refractivity (Wildman–Crippen MR) is 92.1 cm³/mol. The average molecular weight is 324 g/mol. The molecule has 1 saturated carbocycles. The molecule has 1 N–H and O–H groups in total. The van der Waals surface area contributed by atoms with Crippen LogP contribution in [0.1, 0.15) is 56.8 Å². The van der Waals surface area contributed by atoms with E-state index in [-0.39, 0.29) is 6.04 Å². The summed E-state index contributed by atoms with van der Waals surface area (Å²) in [7, 11) is 0. The lowest BCUT2D eigenvalue weighted by molar-refractivity contribution is -0.133. The van der Waals surface area contributed by atoms with Crippen molar-refractivity contribution in [1.29, 1.82) is 0 Å². The minimum atomic E-state index is 0.0591. The fourth-order valence-electron chi connectivity index (χ4n) is 4.07. The quantitative estimate of drug-likeness (QED) is 0.932. The molecule has 1 aromatic heterocycles. The van der Waals surface area contributed by atoms with Crippen LogP contribution >= 0.6 is 0 Å². The van der Waals surface area contributed by atoms with Gasteiger partial charge >= 0.3 is 0 Å². The fourth-order valence-corrected chi connectivity index (χ4v) is 4.07. The van der Waals surface area contributed by atoms with Crippen LogP contribution in [0.15, 0.2) is 30.3 Å². The standard InChI is InChI=1S/C19H24N4O/c24-17(13-14-7-4-5-8-14)23-12-6-11-16(23)19-20-18(21-22-19)15-9-2-1-3-10-15/h1-3,9-10,14,16H,4-8,11-13H2,(H,20,21,22). The molecule has 4 rings (SSSR count). The number of carbonyl (C=O) groups is 1. The molecule has 5 heteroatoms. The molecule has 1 atom stereocenters. The highest BCUT2D eigenvalue weighted by Gasteiger charge is 2.33. The Kier molecular flexibility index (Phi) is 4.32. The fraction of sp³-hybridized carbons (Fsp3) is 0.526. The summed E-state index contributed by atoms with van der Waals surface area (Å²) in [4.78, 5) is 19.4. The molecule has 1 unspecified atom stereocenters. The first kappa shape index (κ1) is 15.4. The number of aromatic amines is 1. The molecule has 0 bridgehead atoms. The van der Waals surface area contributed by atoms with Gasteiger partial charge in [-0.05, 0) is 31.6 Å². The van der Waals surface area contributed by atoms with Crippen LogP contribution in [0.25, 0.3) is 11.4 Å². The first-order valence-electron chi connectivity index (χ1n) is 9.08. The van der Waals surface area contributed by atoms with Crippen molar-refractivity contribution in [2.45, 2.75) is 51.0 Å². The van der Waals surface area contributed by atoms with E-state index in [2.05, 4.69) is 15.2 Å².